The fourth-order valence-electron chi connectivity index (χ4n) is 11.2. The molecule has 19 heteroatoms. The molecule has 0 aromatic heterocycles. The number of fused-ring (bicyclic) bond motifs is 5. The van der Waals surface area contributed by atoms with E-state index in [4.69, 9.17) is 39.6 Å². The molecule has 3 aromatic rings. The lowest BCUT2D eigenvalue weighted by Gasteiger charge is -2.67. The molecular weight excluding hydrogens is 973 g/mol. The third-order valence-corrected chi connectivity index (χ3v) is 15.0. The molecule has 3 aromatic carbocycles. The lowest BCUT2D eigenvalue weighted by molar-refractivity contribution is -0.346. The van der Waals surface area contributed by atoms with Crippen LogP contribution in [0.5, 0.6) is 0 Å². The summed E-state index contributed by atoms with van der Waals surface area (Å²) in [6, 6.07) is 22.3. The van der Waals surface area contributed by atoms with Crippen LogP contribution >= 0.6 is 0 Å². The average molecular weight is 1040 g/mol. The Labute approximate surface area is 433 Å². The smallest absolute Gasteiger partial charge is 0.350 e. The highest BCUT2D eigenvalue weighted by atomic mass is 16.6. The highest BCUT2D eigenvalue weighted by Gasteiger charge is 2.78. The Kier molecular flexibility index (Phi) is 16.8. The molecular formula is C56H62N2O17. The number of unbranched alkanes of at least 4 members (excludes halogenated alkanes) is 1. The number of benzene rings is 3. The van der Waals surface area contributed by atoms with E-state index < -0.39 is 138 Å². The normalized spacial score (nSPS) is 28.1. The summed E-state index contributed by atoms with van der Waals surface area (Å²) in [5, 5.41) is 31.6. The number of Topliss-reactive ketones (excluding diaryl/α,β-unsaturated/α-hetero) is 1. The number of hydrogen-bond acceptors (Lipinski definition) is 17. The van der Waals surface area contributed by atoms with E-state index in [0.29, 0.717) is 12.8 Å². The first-order valence-corrected chi connectivity index (χ1v) is 24.6. The highest BCUT2D eigenvalue weighted by Crippen LogP contribution is 2.64. The third-order valence-electron chi connectivity index (χ3n) is 15.0. The van der Waals surface area contributed by atoms with Gasteiger partial charge >= 0.3 is 29.8 Å². The van der Waals surface area contributed by atoms with Gasteiger partial charge in [-0.3, -0.25) is 24.0 Å². The van der Waals surface area contributed by atoms with Gasteiger partial charge in [0.1, 0.15) is 43.2 Å². The molecule has 0 radical (unpaired) electrons. The molecule has 1 aliphatic heterocycles. The monoisotopic (exact) mass is 1030 g/mol. The van der Waals surface area contributed by atoms with Gasteiger partial charge in [0.25, 0.3) is 5.91 Å². The van der Waals surface area contributed by atoms with Crippen LogP contribution in [0.25, 0.3) is 0 Å². The van der Waals surface area contributed by atoms with Crippen molar-refractivity contribution in [1.82, 2.24) is 10.6 Å². The van der Waals surface area contributed by atoms with Crippen LogP contribution in [0, 0.1) is 29.1 Å². The van der Waals surface area contributed by atoms with E-state index in [1.54, 1.807) is 66.7 Å². The number of amides is 2. The van der Waals surface area contributed by atoms with Crippen LogP contribution in [0.15, 0.2) is 102 Å². The van der Waals surface area contributed by atoms with Crippen LogP contribution in [-0.4, -0.2) is 132 Å². The molecule has 1 unspecified atom stereocenters. The van der Waals surface area contributed by atoms with Crippen molar-refractivity contribution >= 4 is 47.4 Å². The van der Waals surface area contributed by atoms with Crippen LogP contribution in [0.2, 0.25) is 0 Å². The maximum Gasteiger partial charge on any atom is 0.350 e. The lowest BCUT2D eigenvalue weighted by atomic mass is 9.44. The fourth-order valence-corrected chi connectivity index (χ4v) is 11.2. The molecule has 19 nitrogen and oxygen atoms in total. The zero-order valence-electron chi connectivity index (χ0n) is 42.5. The Bertz CT molecular complexity index is 2740. The van der Waals surface area contributed by atoms with Crippen molar-refractivity contribution in [3.63, 3.8) is 0 Å². The van der Waals surface area contributed by atoms with Gasteiger partial charge in [-0.15, -0.1) is 12.3 Å². The molecule has 0 spiro atoms. The molecule has 2 bridgehead atoms. The van der Waals surface area contributed by atoms with Crippen LogP contribution < -0.4 is 10.6 Å². The maximum atomic E-state index is 15.8. The van der Waals surface area contributed by atoms with Gasteiger partial charge < -0.3 is 54.0 Å². The standard InChI is InChI=1S/C56H62N2O17/c1-8-9-19-26-57-41(62)29-69-30-42(63)73-46(44(35-20-13-10-14-21-35)58-50(65)36-22-15-11-16-23-36)52(67)72-38-28-56(68)49(74-51(66)37-24-17-12-18-25-37)47-54(7,39(61)27-40-55(47,31-70-40)75-34(4)60)48(64)45(71-33(3)59)43(32(38)2)53(56,5)6/h1,10-18,20-25,38-40,44-47,49,61,68H,9,19,26-31H2,2-7H3,(H,57,62)(H,58,65)/t38-,39?,40+,44-,45+,46+,47-,49-,54+,55-,56+/m0/s1. The Balaban J connectivity index is 1.36. The van der Waals surface area contributed by atoms with Crippen molar-refractivity contribution in [1.29, 1.82) is 0 Å². The second kappa shape index (κ2) is 22.7. The van der Waals surface area contributed by atoms with Gasteiger partial charge in [-0.05, 0) is 61.2 Å². The zero-order valence-corrected chi connectivity index (χ0v) is 42.5. The van der Waals surface area contributed by atoms with E-state index in [0.717, 1.165) is 13.8 Å². The number of ether oxygens (including phenoxy) is 7. The second-order valence-electron chi connectivity index (χ2n) is 20.0. The van der Waals surface area contributed by atoms with E-state index in [2.05, 4.69) is 16.6 Å². The number of terminal acetylenes is 1. The molecule has 3 fully saturated rings. The van der Waals surface area contributed by atoms with Gasteiger partial charge in [0.15, 0.2) is 17.5 Å². The minimum Gasteiger partial charge on any atom is -0.455 e. The second-order valence-corrected chi connectivity index (χ2v) is 20.0. The molecule has 2 amide bonds. The molecule has 75 heavy (non-hydrogen) atoms. The number of esters is 5. The number of carbonyl (C=O) groups is 8. The molecule has 4 N–H and O–H groups in total. The maximum absolute atomic E-state index is 15.8. The molecule has 7 rings (SSSR count). The van der Waals surface area contributed by atoms with Crippen molar-refractivity contribution < 1.29 is 81.7 Å². The van der Waals surface area contributed by atoms with Gasteiger partial charge in [-0.25, -0.2) is 14.4 Å². The van der Waals surface area contributed by atoms with E-state index in [1.165, 1.54) is 52.0 Å². The van der Waals surface area contributed by atoms with Gasteiger partial charge in [0.2, 0.25) is 12.0 Å². The van der Waals surface area contributed by atoms with Crippen LogP contribution in [0.3, 0.4) is 0 Å². The summed E-state index contributed by atoms with van der Waals surface area (Å²) >= 11 is 0. The summed E-state index contributed by atoms with van der Waals surface area (Å²) in [7, 11) is 0. The van der Waals surface area contributed by atoms with E-state index in [9.17, 15) is 39.0 Å². The largest absolute Gasteiger partial charge is 0.455 e. The molecule has 398 valence electrons. The van der Waals surface area contributed by atoms with Gasteiger partial charge in [0, 0.05) is 50.6 Å². The highest BCUT2D eigenvalue weighted by molar-refractivity contribution is 5.96. The van der Waals surface area contributed by atoms with Crippen molar-refractivity contribution in [3.05, 3.63) is 119 Å². The Morgan fingerprint density at radius 3 is 2.07 bits per heavy atom. The number of aliphatic hydroxyl groups is 2. The average Bonchev–Trinajstić information content (AvgIpc) is 3.37. The van der Waals surface area contributed by atoms with Crippen molar-refractivity contribution in [2.45, 2.75) is 121 Å². The van der Waals surface area contributed by atoms with Gasteiger partial charge in [0.05, 0.1) is 29.6 Å². The topological polar surface area (TPSA) is 266 Å². The summed E-state index contributed by atoms with van der Waals surface area (Å²) < 4.78 is 42.0. The summed E-state index contributed by atoms with van der Waals surface area (Å²) in [5.74, 6) is -6.53. The minimum absolute atomic E-state index is 0.0238. The predicted octanol–water partition coefficient (Wildman–Crippen LogP) is 3.83. The van der Waals surface area contributed by atoms with E-state index >= 15 is 9.59 Å². The lowest BCUT2D eigenvalue weighted by Crippen LogP contribution is -2.82. The molecule has 1 heterocycles. The summed E-state index contributed by atoms with van der Waals surface area (Å²) in [6.07, 6.45) is -4.91. The van der Waals surface area contributed by atoms with Crippen molar-refractivity contribution in [2.24, 2.45) is 16.7 Å². The van der Waals surface area contributed by atoms with Crippen molar-refractivity contribution in [3.8, 4) is 12.3 Å². The number of nitrogens with one attached hydrogen (secondary N) is 2. The van der Waals surface area contributed by atoms with Gasteiger partial charge in [-0.2, -0.15) is 0 Å². The van der Waals surface area contributed by atoms with Crippen molar-refractivity contribution in [2.75, 3.05) is 26.4 Å². The Hall–Kier alpha value is -7.24. The quantitative estimate of drug-likeness (QED) is 0.0464. The number of ketones is 1. The number of hydrogen-bond donors (Lipinski definition) is 4. The third kappa shape index (κ3) is 11.0. The van der Waals surface area contributed by atoms with Gasteiger partial charge in [-0.1, -0.05) is 80.6 Å². The molecule has 2 saturated carbocycles. The summed E-state index contributed by atoms with van der Waals surface area (Å²) in [6.45, 7) is 6.56. The van der Waals surface area contributed by atoms with E-state index in [1.807, 2.05) is 0 Å². The molecule has 4 aliphatic rings. The Morgan fingerprint density at radius 2 is 1.48 bits per heavy atom. The molecule has 3 aliphatic carbocycles. The van der Waals surface area contributed by atoms with Crippen LogP contribution in [0.1, 0.15) is 99.5 Å². The first kappa shape index (κ1) is 55.5. The van der Waals surface area contributed by atoms with E-state index in [-0.39, 0.29) is 47.4 Å². The van der Waals surface area contributed by atoms with Crippen LogP contribution in [-0.2, 0) is 61.9 Å². The SMILES string of the molecule is C#CCCCNC(=O)COCC(=O)O[C@@H](C(=O)O[C@H]1C[C@@]2(O)[C@@H](OC(=O)c3ccccc3)[C@@H]3[C@]4(OC(C)=O)CO[C@@H]4CC(O)[C@@]3(C)C(=O)[C@H](OC(C)=O)C(=C1C)C2(C)C)[C@@H](NC(=O)c1ccccc1)c1ccccc1. The fraction of sp³-hybridized carbons (Fsp3) is 0.464. The number of carbonyl (C=O) groups excluding carboxylic acids is 8. The van der Waals surface area contributed by atoms with Crippen LogP contribution in [0.4, 0.5) is 0 Å². The summed E-state index contributed by atoms with van der Waals surface area (Å²) in [5.41, 5.74) is -7.77. The zero-order chi connectivity index (χ0) is 54.5. The molecule has 11 atom stereocenters. The predicted molar refractivity (Wildman–Crippen MR) is 263 cm³/mol. The first-order valence-electron chi connectivity index (χ1n) is 24.6. The molecule has 1 saturated heterocycles. The number of rotatable bonds is 18. The first-order chi connectivity index (χ1) is 35.6. The number of aliphatic hydroxyl groups excluding tert-OH is 1. The summed E-state index contributed by atoms with van der Waals surface area (Å²) in [4.78, 5) is 112. The minimum atomic E-state index is -2.51. The Morgan fingerprint density at radius 1 is 0.853 bits per heavy atom.